The number of hydrogen-bond acceptors (Lipinski definition) is 5. The topological polar surface area (TPSA) is 77.5 Å². The zero-order valence-electron chi connectivity index (χ0n) is 15.3. The molecule has 0 radical (unpaired) electrons. The molecule has 2 rings (SSSR count). The molecule has 0 spiro atoms. The number of unbranched alkanes of at least 4 members (excludes halogenated alkanes) is 2. The minimum Gasteiger partial charge on any atom is -0.478 e. The molecule has 1 heterocycles. The van der Waals surface area contributed by atoms with Crippen molar-refractivity contribution in [2.24, 2.45) is 0 Å². The number of aryl methyl sites for hydroxylation is 1. The van der Waals surface area contributed by atoms with E-state index in [2.05, 4.69) is 17.2 Å². The second kappa shape index (κ2) is 10.3. The molecule has 0 saturated heterocycles. The molecule has 27 heavy (non-hydrogen) atoms. The van der Waals surface area contributed by atoms with Crippen molar-refractivity contribution in [2.45, 2.75) is 33.1 Å². The first-order chi connectivity index (χ1) is 12.9. The number of benzene rings is 1. The largest absolute Gasteiger partial charge is 0.478 e. The molecular formula is C19H22Cl2N2O4. The molecular weight excluding hydrogens is 391 g/mol. The number of esters is 1. The Morgan fingerprint density at radius 1 is 1.15 bits per heavy atom. The minimum atomic E-state index is -0.675. The Morgan fingerprint density at radius 3 is 2.67 bits per heavy atom. The number of pyridine rings is 1. The van der Waals surface area contributed by atoms with Crippen LogP contribution < -0.4 is 10.1 Å². The number of nitrogens with one attached hydrogen (secondary N) is 1. The van der Waals surface area contributed by atoms with Gasteiger partial charge in [-0.25, -0.2) is 9.78 Å². The second-order valence-electron chi connectivity index (χ2n) is 6.02. The number of hydrogen-bond donors (Lipinski definition) is 1. The molecule has 6 nitrogen and oxygen atoms in total. The van der Waals surface area contributed by atoms with Gasteiger partial charge < -0.3 is 14.8 Å². The van der Waals surface area contributed by atoms with E-state index in [0.717, 1.165) is 25.0 Å². The average molecular weight is 413 g/mol. The quantitative estimate of drug-likeness (QED) is 0.495. The number of rotatable bonds is 9. The Labute approximate surface area is 168 Å². The lowest BCUT2D eigenvalue weighted by molar-refractivity contribution is -0.150. The summed E-state index contributed by atoms with van der Waals surface area (Å²) in [6.45, 7) is 3.73. The van der Waals surface area contributed by atoms with Gasteiger partial charge in [0.05, 0.1) is 10.0 Å². The number of ether oxygens (including phenoxy) is 2. The fourth-order valence-electron chi connectivity index (χ4n) is 2.40. The van der Waals surface area contributed by atoms with Crippen LogP contribution in [0.3, 0.4) is 0 Å². The van der Waals surface area contributed by atoms with Crippen molar-refractivity contribution in [1.82, 2.24) is 10.3 Å². The SMILES string of the molecule is CCCCCNC(=O)COC(=O)COc1c(Cl)cc(Cl)c2ccc(C)nc12. The molecule has 0 aliphatic rings. The van der Waals surface area contributed by atoms with E-state index < -0.39 is 12.6 Å². The van der Waals surface area contributed by atoms with E-state index in [1.54, 1.807) is 0 Å². The van der Waals surface area contributed by atoms with Gasteiger partial charge in [0.15, 0.2) is 19.0 Å². The first-order valence-electron chi connectivity index (χ1n) is 8.72. The Balaban J connectivity index is 1.92. The van der Waals surface area contributed by atoms with Crippen LogP contribution in [0.25, 0.3) is 10.9 Å². The summed E-state index contributed by atoms with van der Waals surface area (Å²) in [5.41, 5.74) is 1.22. The van der Waals surface area contributed by atoms with E-state index in [0.29, 0.717) is 22.5 Å². The number of carbonyl (C=O) groups excluding carboxylic acids is 2. The predicted molar refractivity (Wildman–Crippen MR) is 105 cm³/mol. The van der Waals surface area contributed by atoms with Crippen molar-refractivity contribution >= 4 is 46.0 Å². The summed E-state index contributed by atoms with van der Waals surface area (Å²) in [7, 11) is 0. The molecule has 0 bridgehead atoms. The van der Waals surface area contributed by atoms with Gasteiger partial charge in [-0.3, -0.25) is 4.79 Å². The highest BCUT2D eigenvalue weighted by Crippen LogP contribution is 2.37. The number of aromatic nitrogens is 1. The number of fused-ring (bicyclic) bond motifs is 1. The maximum absolute atomic E-state index is 11.9. The van der Waals surface area contributed by atoms with E-state index in [-0.39, 0.29) is 23.3 Å². The zero-order chi connectivity index (χ0) is 19.8. The van der Waals surface area contributed by atoms with Crippen molar-refractivity contribution in [3.63, 3.8) is 0 Å². The van der Waals surface area contributed by atoms with Gasteiger partial charge in [0, 0.05) is 17.6 Å². The van der Waals surface area contributed by atoms with Gasteiger partial charge in [-0.15, -0.1) is 0 Å². The Kier molecular flexibility index (Phi) is 8.13. The number of halogens is 2. The number of amides is 1. The molecule has 0 atom stereocenters. The van der Waals surface area contributed by atoms with Crippen LogP contribution in [-0.4, -0.2) is 36.6 Å². The van der Waals surface area contributed by atoms with Gasteiger partial charge in [0.1, 0.15) is 5.52 Å². The average Bonchev–Trinajstić information content (AvgIpc) is 2.63. The van der Waals surface area contributed by atoms with E-state index in [9.17, 15) is 9.59 Å². The predicted octanol–water partition coefficient (Wildman–Crippen LogP) is 4.08. The fraction of sp³-hybridized carbons (Fsp3) is 0.421. The van der Waals surface area contributed by atoms with Gasteiger partial charge in [-0.1, -0.05) is 43.0 Å². The monoisotopic (exact) mass is 412 g/mol. The summed E-state index contributed by atoms with van der Waals surface area (Å²) in [6, 6.07) is 5.16. The fourth-order valence-corrected chi connectivity index (χ4v) is 2.97. The maximum atomic E-state index is 11.9. The van der Waals surface area contributed by atoms with Gasteiger partial charge >= 0.3 is 5.97 Å². The summed E-state index contributed by atoms with van der Waals surface area (Å²) in [4.78, 5) is 27.9. The summed E-state index contributed by atoms with van der Waals surface area (Å²) in [6.07, 6.45) is 3.00. The van der Waals surface area contributed by atoms with Crippen LogP contribution in [0.5, 0.6) is 5.75 Å². The Morgan fingerprint density at radius 2 is 1.93 bits per heavy atom. The van der Waals surface area contributed by atoms with Crippen LogP contribution in [0, 0.1) is 6.92 Å². The third-order valence-electron chi connectivity index (χ3n) is 3.78. The molecule has 0 fully saturated rings. The van der Waals surface area contributed by atoms with E-state index in [1.165, 1.54) is 6.07 Å². The molecule has 146 valence electrons. The van der Waals surface area contributed by atoms with Gasteiger partial charge in [0.25, 0.3) is 5.91 Å². The first-order valence-corrected chi connectivity index (χ1v) is 9.48. The molecule has 0 aliphatic heterocycles. The normalized spacial score (nSPS) is 10.7. The van der Waals surface area contributed by atoms with Crippen molar-refractivity contribution in [1.29, 1.82) is 0 Å². The molecule has 2 aromatic rings. The maximum Gasteiger partial charge on any atom is 0.344 e. The van der Waals surface area contributed by atoms with E-state index >= 15 is 0 Å². The third kappa shape index (κ3) is 6.26. The highest BCUT2D eigenvalue weighted by Gasteiger charge is 2.15. The molecule has 1 N–H and O–H groups in total. The van der Waals surface area contributed by atoms with Crippen LogP contribution in [0.4, 0.5) is 0 Å². The van der Waals surface area contributed by atoms with Crippen LogP contribution >= 0.6 is 23.2 Å². The van der Waals surface area contributed by atoms with Crippen molar-refractivity contribution in [3.8, 4) is 5.75 Å². The van der Waals surface area contributed by atoms with Crippen molar-refractivity contribution in [3.05, 3.63) is 33.9 Å². The van der Waals surface area contributed by atoms with Crippen molar-refractivity contribution < 1.29 is 19.1 Å². The number of nitrogens with zero attached hydrogens (tertiary/aromatic N) is 1. The smallest absolute Gasteiger partial charge is 0.344 e. The summed E-state index contributed by atoms with van der Waals surface area (Å²) in [5, 5.41) is 4.04. The van der Waals surface area contributed by atoms with E-state index in [1.807, 2.05) is 19.1 Å². The van der Waals surface area contributed by atoms with Crippen LogP contribution in [0.1, 0.15) is 31.9 Å². The molecule has 0 aliphatic carbocycles. The van der Waals surface area contributed by atoms with Gasteiger partial charge in [-0.2, -0.15) is 0 Å². The Bertz CT molecular complexity index is 827. The molecule has 1 aromatic carbocycles. The molecule has 0 unspecified atom stereocenters. The lowest BCUT2D eigenvalue weighted by atomic mass is 10.2. The van der Waals surface area contributed by atoms with Crippen LogP contribution in [0.2, 0.25) is 10.0 Å². The zero-order valence-corrected chi connectivity index (χ0v) is 16.8. The highest BCUT2D eigenvalue weighted by atomic mass is 35.5. The molecule has 8 heteroatoms. The lowest BCUT2D eigenvalue weighted by Crippen LogP contribution is -2.30. The molecule has 1 amide bonds. The first kappa shape index (κ1) is 21.3. The van der Waals surface area contributed by atoms with Crippen molar-refractivity contribution in [2.75, 3.05) is 19.8 Å². The van der Waals surface area contributed by atoms with E-state index in [4.69, 9.17) is 32.7 Å². The second-order valence-corrected chi connectivity index (χ2v) is 6.84. The summed E-state index contributed by atoms with van der Waals surface area (Å²) < 4.78 is 10.4. The Hall–Kier alpha value is -2.05. The lowest BCUT2D eigenvalue weighted by Gasteiger charge is -2.12. The third-order valence-corrected chi connectivity index (χ3v) is 4.37. The van der Waals surface area contributed by atoms with Crippen LogP contribution in [0.15, 0.2) is 18.2 Å². The van der Waals surface area contributed by atoms with Gasteiger partial charge in [-0.05, 0) is 31.5 Å². The highest BCUT2D eigenvalue weighted by molar-refractivity contribution is 6.39. The van der Waals surface area contributed by atoms with Crippen LogP contribution in [-0.2, 0) is 14.3 Å². The summed E-state index contributed by atoms with van der Waals surface area (Å²) >= 11 is 12.4. The summed E-state index contributed by atoms with van der Waals surface area (Å²) in [5.74, 6) is -0.766. The number of carbonyl (C=O) groups is 2. The molecule has 1 aromatic heterocycles. The van der Waals surface area contributed by atoms with Gasteiger partial charge in [0.2, 0.25) is 0 Å². The standard InChI is InChI=1S/C19H22Cl2N2O4/c1-3-4-5-8-22-16(24)10-26-17(25)11-27-19-15(21)9-14(20)13-7-6-12(2)23-18(13)19/h6-7,9H,3-5,8,10-11H2,1-2H3,(H,22,24). The molecule has 0 saturated carbocycles. The minimum absolute atomic E-state index is 0.243.